The van der Waals surface area contributed by atoms with E-state index >= 15 is 0 Å². The van der Waals surface area contributed by atoms with Crippen LogP contribution in [0.25, 0.3) is 11.4 Å². The topological polar surface area (TPSA) is 119 Å². The van der Waals surface area contributed by atoms with Crippen molar-refractivity contribution in [2.24, 2.45) is 5.92 Å². The molecule has 4 heterocycles. The number of amides is 1. The molecule has 2 aromatic carbocycles. The van der Waals surface area contributed by atoms with E-state index in [4.69, 9.17) is 32.7 Å². The summed E-state index contributed by atoms with van der Waals surface area (Å²) in [4.78, 5) is 33.6. The maximum absolute atomic E-state index is 13.9. The van der Waals surface area contributed by atoms with Crippen LogP contribution in [-0.2, 0) is 15.3 Å². The fourth-order valence-corrected chi connectivity index (χ4v) is 7.81. The zero-order valence-corrected chi connectivity index (χ0v) is 29.6. The molecule has 0 bridgehead atoms. The number of ketones is 1. The minimum Gasteiger partial charge on any atom is -0.505 e. The summed E-state index contributed by atoms with van der Waals surface area (Å²) in [6.07, 6.45) is 2.59. The van der Waals surface area contributed by atoms with Crippen molar-refractivity contribution >= 4 is 74.5 Å². The van der Waals surface area contributed by atoms with Crippen LogP contribution < -0.4 is 14.4 Å². The molecule has 1 fully saturated rings. The first-order chi connectivity index (χ1) is 23.1. The highest BCUT2D eigenvalue weighted by Crippen LogP contribution is 2.46. The molecule has 14 heteroatoms. The molecule has 5 aromatic rings. The van der Waals surface area contributed by atoms with Crippen LogP contribution in [0.1, 0.15) is 48.8 Å². The van der Waals surface area contributed by atoms with E-state index in [9.17, 15) is 14.7 Å². The van der Waals surface area contributed by atoms with Gasteiger partial charge in [0.15, 0.2) is 21.6 Å². The van der Waals surface area contributed by atoms with E-state index in [1.54, 1.807) is 60.0 Å². The average molecular weight is 725 g/mol. The quantitative estimate of drug-likeness (QED) is 0.0473. The van der Waals surface area contributed by atoms with Crippen LogP contribution in [0, 0.1) is 12.8 Å². The molecular weight excluding hydrogens is 693 g/mol. The van der Waals surface area contributed by atoms with E-state index in [1.165, 1.54) is 23.8 Å². The van der Waals surface area contributed by atoms with Gasteiger partial charge in [-0.2, -0.15) is 0 Å². The molecular formula is C34H31Cl2N5O5S2. The van der Waals surface area contributed by atoms with E-state index in [1.807, 2.05) is 12.1 Å². The first-order valence-electron chi connectivity index (χ1n) is 15.0. The molecule has 0 radical (unpaired) electrons. The van der Waals surface area contributed by atoms with Crippen LogP contribution >= 0.6 is 46.3 Å². The van der Waals surface area contributed by atoms with Gasteiger partial charge in [-0.3, -0.25) is 18.9 Å². The number of pyridine rings is 1. The number of nitrogens with zero attached hydrogens (tertiary/aromatic N) is 5. The Bertz CT molecular complexity index is 2060. The lowest BCUT2D eigenvalue weighted by Crippen LogP contribution is -2.29. The van der Waals surface area contributed by atoms with Crippen molar-refractivity contribution in [2.45, 2.75) is 43.3 Å². The fourth-order valence-electron chi connectivity index (χ4n) is 5.39. The molecule has 0 spiro atoms. The third-order valence-corrected chi connectivity index (χ3v) is 10.5. The molecule has 0 aliphatic carbocycles. The zero-order valence-electron chi connectivity index (χ0n) is 26.4. The molecule has 6 rings (SSSR count). The van der Waals surface area contributed by atoms with Crippen LogP contribution in [-0.4, -0.2) is 50.1 Å². The molecule has 0 saturated carbocycles. The highest BCUT2D eigenvalue weighted by molar-refractivity contribution is 8.00. The van der Waals surface area contributed by atoms with Gasteiger partial charge in [-0.25, -0.2) is 4.98 Å². The van der Waals surface area contributed by atoms with Gasteiger partial charge in [-0.1, -0.05) is 78.3 Å². The number of methoxy groups -OCH3 is 1. The number of aliphatic hydroxyl groups is 1. The summed E-state index contributed by atoms with van der Waals surface area (Å²) in [5.74, 6) is -0.196. The van der Waals surface area contributed by atoms with Crippen molar-refractivity contribution in [2.75, 3.05) is 18.6 Å². The number of hydrogen-bond donors (Lipinski definition) is 1. The Morgan fingerprint density at radius 2 is 1.90 bits per heavy atom. The van der Waals surface area contributed by atoms with Crippen LogP contribution in [0.4, 0.5) is 5.13 Å². The summed E-state index contributed by atoms with van der Waals surface area (Å²) in [5, 5.41) is 21.8. The number of imidazole rings is 1. The van der Waals surface area contributed by atoms with E-state index < -0.39 is 17.7 Å². The second-order valence-corrected chi connectivity index (χ2v) is 14.5. The van der Waals surface area contributed by atoms with Gasteiger partial charge in [0.25, 0.3) is 5.78 Å². The Kier molecular flexibility index (Phi) is 9.98. The number of halogens is 2. The second kappa shape index (κ2) is 14.2. The van der Waals surface area contributed by atoms with E-state index in [0.717, 1.165) is 23.3 Å². The Hall–Kier alpha value is -4.10. The smallest absolute Gasteiger partial charge is 0.301 e. The number of aryl methyl sites for hydroxylation is 1. The summed E-state index contributed by atoms with van der Waals surface area (Å²) in [6.45, 7) is 6.46. The molecule has 10 nitrogen and oxygen atoms in total. The number of ether oxygens (including phenoxy) is 2. The SMILES string of the molecule is COc1cc(C2C(=C(O)c3c(C)nc4ccccn34)C(=O)C(=O)N2c2nnc(SCc3ccc(Cl)cc3Cl)s2)ccc1OCCC(C)C. The molecule has 248 valence electrons. The number of fused-ring (bicyclic) bond motifs is 1. The molecule has 1 amide bonds. The van der Waals surface area contributed by atoms with Gasteiger partial charge in [0.05, 0.1) is 31.0 Å². The van der Waals surface area contributed by atoms with Gasteiger partial charge in [0.2, 0.25) is 5.13 Å². The standard InChI is InChI=1S/C34H31Cl2N5O5S2/c1-18(2)12-14-46-24-11-9-20(15-25(24)45-4)29-27(30(42)28-19(3)37-26-7-5-6-13-40(26)28)31(43)32(44)41(29)33-38-39-34(48-33)47-17-21-8-10-22(35)16-23(21)36/h5-11,13,15-16,18,29,42H,12,14,17H2,1-4H3. The summed E-state index contributed by atoms with van der Waals surface area (Å²) >= 11 is 14.9. The number of thioether (sulfide) groups is 1. The van der Waals surface area contributed by atoms with Crippen molar-refractivity contribution in [3.63, 3.8) is 0 Å². The second-order valence-electron chi connectivity index (χ2n) is 11.5. The lowest BCUT2D eigenvalue weighted by Gasteiger charge is -2.23. The predicted octanol–water partition coefficient (Wildman–Crippen LogP) is 8.15. The van der Waals surface area contributed by atoms with Gasteiger partial charge in [-0.05, 0) is 66.8 Å². The highest BCUT2D eigenvalue weighted by Gasteiger charge is 2.49. The third-order valence-electron chi connectivity index (χ3n) is 7.80. The molecule has 1 N–H and O–H groups in total. The molecule has 1 aliphatic rings. The largest absolute Gasteiger partial charge is 0.505 e. The first kappa shape index (κ1) is 33.8. The maximum atomic E-state index is 13.9. The normalized spacial score (nSPS) is 16.0. The third kappa shape index (κ3) is 6.62. The van der Waals surface area contributed by atoms with E-state index in [0.29, 0.717) is 66.8 Å². The van der Waals surface area contributed by atoms with Crippen molar-refractivity contribution < 1.29 is 24.2 Å². The van der Waals surface area contributed by atoms with E-state index in [2.05, 4.69) is 29.0 Å². The van der Waals surface area contributed by atoms with Crippen LogP contribution in [0.15, 0.2) is 70.7 Å². The molecule has 3 aromatic heterocycles. The molecule has 1 atom stereocenters. The van der Waals surface area contributed by atoms with Crippen molar-refractivity contribution in [1.29, 1.82) is 0 Å². The number of carbonyl (C=O) groups is 2. The Morgan fingerprint density at radius 3 is 2.65 bits per heavy atom. The summed E-state index contributed by atoms with van der Waals surface area (Å²) in [6, 6.07) is 14.8. The Balaban J connectivity index is 1.43. The van der Waals surface area contributed by atoms with Gasteiger partial charge in [-0.15, -0.1) is 10.2 Å². The minimum absolute atomic E-state index is 0.110. The minimum atomic E-state index is -1.06. The first-order valence-corrected chi connectivity index (χ1v) is 17.6. The van der Waals surface area contributed by atoms with Gasteiger partial charge in [0.1, 0.15) is 11.3 Å². The van der Waals surface area contributed by atoms with Gasteiger partial charge < -0.3 is 14.6 Å². The number of benzene rings is 2. The molecule has 1 aliphatic heterocycles. The van der Waals surface area contributed by atoms with Gasteiger partial charge in [0, 0.05) is 22.0 Å². The number of carbonyl (C=O) groups excluding carboxylic acids is 2. The number of hydrogen-bond acceptors (Lipinski definition) is 10. The Morgan fingerprint density at radius 1 is 1.08 bits per heavy atom. The molecule has 48 heavy (non-hydrogen) atoms. The monoisotopic (exact) mass is 723 g/mol. The fraction of sp³-hybridized carbons (Fsp3) is 0.265. The number of Topliss-reactive ketones (excluding diaryl/α,β-unsaturated/α-hetero) is 1. The summed E-state index contributed by atoms with van der Waals surface area (Å²) in [7, 11) is 1.52. The number of aromatic nitrogens is 4. The van der Waals surface area contributed by atoms with E-state index in [-0.39, 0.29) is 16.5 Å². The number of aliphatic hydroxyl groups excluding tert-OH is 1. The number of rotatable bonds is 11. The summed E-state index contributed by atoms with van der Waals surface area (Å²) < 4.78 is 13.9. The lowest BCUT2D eigenvalue weighted by molar-refractivity contribution is -0.132. The van der Waals surface area contributed by atoms with Crippen LogP contribution in [0.5, 0.6) is 11.5 Å². The zero-order chi connectivity index (χ0) is 34.1. The Labute approximate surface area is 295 Å². The maximum Gasteiger partial charge on any atom is 0.301 e. The van der Waals surface area contributed by atoms with Crippen LogP contribution in [0.3, 0.4) is 0 Å². The summed E-state index contributed by atoms with van der Waals surface area (Å²) in [5.41, 5.74) is 2.63. The average Bonchev–Trinajstić information content (AvgIpc) is 3.73. The van der Waals surface area contributed by atoms with Crippen molar-refractivity contribution in [3.05, 3.63) is 98.9 Å². The molecule has 1 saturated heterocycles. The lowest BCUT2D eigenvalue weighted by atomic mass is 9.96. The number of anilines is 1. The highest BCUT2D eigenvalue weighted by atomic mass is 35.5. The molecule has 1 unspecified atom stereocenters. The van der Waals surface area contributed by atoms with Crippen LogP contribution in [0.2, 0.25) is 10.0 Å². The van der Waals surface area contributed by atoms with Gasteiger partial charge >= 0.3 is 5.91 Å². The predicted molar refractivity (Wildman–Crippen MR) is 189 cm³/mol. The van der Waals surface area contributed by atoms with Crippen molar-refractivity contribution in [3.8, 4) is 11.5 Å². The van der Waals surface area contributed by atoms with Crippen molar-refractivity contribution in [1.82, 2.24) is 19.6 Å².